The molecule has 3 aromatic rings. The Hall–Kier alpha value is -2.34. The molecule has 0 N–H and O–H groups in total. The molecule has 0 unspecified atom stereocenters. The zero-order chi connectivity index (χ0) is 19.4. The van der Waals surface area contributed by atoms with Crippen LogP contribution in [-0.2, 0) is 10.1 Å². The maximum atomic E-state index is 12.5. The lowest BCUT2D eigenvalue weighted by molar-refractivity contribution is 0.485. The summed E-state index contributed by atoms with van der Waals surface area (Å²) < 4.78 is 30.3. The van der Waals surface area contributed by atoms with Gasteiger partial charge in [0.05, 0.1) is 5.69 Å². The highest BCUT2D eigenvalue weighted by atomic mass is 35.5. The molecule has 0 aromatic heterocycles. The Labute approximate surface area is 168 Å². The van der Waals surface area contributed by atoms with Gasteiger partial charge in [-0.1, -0.05) is 40.9 Å². The van der Waals surface area contributed by atoms with E-state index < -0.39 is 10.1 Å². The molecular formula is C20H15Cl2NO3S. The average Bonchev–Trinajstić information content (AvgIpc) is 2.63. The second-order valence-corrected chi connectivity index (χ2v) is 8.19. The number of benzene rings is 3. The summed E-state index contributed by atoms with van der Waals surface area (Å²) in [4.78, 5) is 4.36. The number of hydrogen-bond acceptors (Lipinski definition) is 4. The third kappa shape index (κ3) is 5.10. The van der Waals surface area contributed by atoms with Crippen LogP contribution in [0, 0.1) is 6.92 Å². The van der Waals surface area contributed by atoms with E-state index in [0.717, 1.165) is 11.3 Å². The SMILES string of the molecule is Cc1ccc(N=Cc2cc(Cl)ccc2OS(=O)(=O)c2ccc(Cl)cc2)cc1. The van der Waals surface area contributed by atoms with Crippen molar-refractivity contribution < 1.29 is 12.6 Å². The Morgan fingerprint density at radius 3 is 2.19 bits per heavy atom. The van der Waals surface area contributed by atoms with Crippen molar-refractivity contribution in [2.24, 2.45) is 4.99 Å². The van der Waals surface area contributed by atoms with Crippen LogP contribution < -0.4 is 4.18 Å². The molecule has 0 heterocycles. The first-order chi connectivity index (χ1) is 12.8. The van der Waals surface area contributed by atoms with Crippen LogP contribution in [0.2, 0.25) is 10.0 Å². The molecule has 4 nitrogen and oxygen atoms in total. The van der Waals surface area contributed by atoms with Crippen LogP contribution in [-0.4, -0.2) is 14.6 Å². The Balaban J connectivity index is 1.92. The summed E-state index contributed by atoms with van der Waals surface area (Å²) in [5.41, 5.74) is 2.29. The first-order valence-corrected chi connectivity index (χ1v) is 10.1. The average molecular weight is 420 g/mol. The van der Waals surface area contributed by atoms with Gasteiger partial charge in [-0.05, 0) is 61.5 Å². The van der Waals surface area contributed by atoms with Gasteiger partial charge in [0.2, 0.25) is 0 Å². The van der Waals surface area contributed by atoms with E-state index >= 15 is 0 Å². The number of hydrogen-bond donors (Lipinski definition) is 0. The zero-order valence-corrected chi connectivity index (χ0v) is 16.6. The summed E-state index contributed by atoms with van der Waals surface area (Å²) in [5.74, 6) is 0.130. The van der Waals surface area contributed by atoms with E-state index in [9.17, 15) is 8.42 Å². The van der Waals surface area contributed by atoms with Crippen LogP contribution >= 0.6 is 23.2 Å². The topological polar surface area (TPSA) is 55.7 Å². The highest BCUT2D eigenvalue weighted by Crippen LogP contribution is 2.26. The monoisotopic (exact) mass is 419 g/mol. The lowest BCUT2D eigenvalue weighted by atomic mass is 10.2. The van der Waals surface area contributed by atoms with E-state index in [-0.39, 0.29) is 10.6 Å². The van der Waals surface area contributed by atoms with Gasteiger partial charge in [0.1, 0.15) is 4.90 Å². The molecule has 0 aliphatic heterocycles. The smallest absolute Gasteiger partial charge is 0.339 e. The van der Waals surface area contributed by atoms with Crippen LogP contribution in [0.25, 0.3) is 0 Å². The van der Waals surface area contributed by atoms with Crippen LogP contribution in [0.15, 0.2) is 76.6 Å². The van der Waals surface area contributed by atoms with E-state index in [4.69, 9.17) is 27.4 Å². The number of aryl methyl sites for hydroxylation is 1. The first kappa shape index (κ1) is 19.4. The Kier molecular flexibility index (Phi) is 5.85. The molecule has 0 amide bonds. The van der Waals surface area contributed by atoms with Gasteiger partial charge in [-0.3, -0.25) is 4.99 Å². The molecule has 0 aliphatic rings. The van der Waals surface area contributed by atoms with E-state index in [1.165, 1.54) is 36.5 Å². The standard InChI is InChI=1S/C20H15Cl2NO3S/c1-14-2-7-18(8-3-14)23-13-15-12-17(22)6-11-20(15)26-27(24,25)19-9-4-16(21)5-10-19/h2-13H,1H3. The summed E-state index contributed by atoms with van der Waals surface area (Å²) in [7, 11) is -4.02. The fourth-order valence-electron chi connectivity index (χ4n) is 2.24. The van der Waals surface area contributed by atoms with Crippen LogP contribution in [0.3, 0.4) is 0 Å². The third-order valence-electron chi connectivity index (χ3n) is 3.66. The molecule has 3 aromatic carbocycles. The maximum absolute atomic E-state index is 12.5. The van der Waals surface area contributed by atoms with Gasteiger partial charge in [0.25, 0.3) is 0 Å². The van der Waals surface area contributed by atoms with Gasteiger partial charge >= 0.3 is 10.1 Å². The van der Waals surface area contributed by atoms with Crippen molar-refractivity contribution in [2.75, 3.05) is 0 Å². The van der Waals surface area contributed by atoms with E-state index in [1.807, 2.05) is 31.2 Å². The number of nitrogens with zero attached hydrogens (tertiary/aromatic N) is 1. The van der Waals surface area contributed by atoms with Gasteiger partial charge in [0.15, 0.2) is 5.75 Å². The lowest BCUT2D eigenvalue weighted by Gasteiger charge is -2.10. The molecule has 7 heteroatoms. The second kappa shape index (κ2) is 8.13. The van der Waals surface area contributed by atoms with Crippen LogP contribution in [0.4, 0.5) is 5.69 Å². The van der Waals surface area contributed by atoms with Gasteiger partial charge in [-0.2, -0.15) is 8.42 Å². The van der Waals surface area contributed by atoms with Crippen molar-refractivity contribution >= 4 is 45.2 Å². The molecule has 27 heavy (non-hydrogen) atoms. The highest BCUT2D eigenvalue weighted by Gasteiger charge is 2.18. The molecule has 0 spiro atoms. The minimum atomic E-state index is -4.02. The van der Waals surface area contributed by atoms with E-state index in [0.29, 0.717) is 15.6 Å². The molecule has 0 fully saturated rings. The Morgan fingerprint density at radius 2 is 1.52 bits per heavy atom. The number of rotatable bonds is 5. The number of aliphatic imine (C=N–C) groups is 1. The number of halogens is 2. The van der Waals surface area contributed by atoms with Gasteiger partial charge in [-0.15, -0.1) is 0 Å². The predicted octanol–water partition coefficient (Wildman–Crippen LogP) is 5.82. The predicted molar refractivity (Wildman–Crippen MR) is 109 cm³/mol. The lowest BCUT2D eigenvalue weighted by Crippen LogP contribution is -2.10. The Bertz CT molecular complexity index is 1080. The van der Waals surface area contributed by atoms with Crippen molar-refractivity contribution in [1.29, 1.82) is 0 Å². The fraction of sp³-hybridized carbons (Fsp3) is 0.0500. The molecule has 0 radical (unpaired) electrons. The van der Waals surface area contributed by atoms with Gasteiger partial charge < -0.3 is 4.18 Å². The molecular weight excluding hydrogens is 405 g/mol. The van der Waals surface area contributed by atoms with Crippen molar-refractivity contribution in [3.8, 4) is 5.75 Å². The normalized spacial score (nSPS) is 11.7. The quantitative estimate of drug-likeness (QED) is 0.386. The molecule has 138 valence electrons. The van der Waals surface area contributed by atoms with Gasteiger partial charge in [-0.25, -0.2) is 0 Å². The summed E-state index contributed by atoms with van der Waals surface area (Å²) in [6.45, 7) is 1.98. The highest BCUT2D eigenvalue weighted by molar-refractivity contribution is 7.87. The summed E-state index contributed by atoms with van der Waals surface area (Å²) in [6.07, 6.45) is 1.52. The van der Waals surface area contributed by atoms with Crippen molar-refractivity contribution in [3.05, 3.63) is 87.9 Å². The zero-order valence-electron chi connectivity index (χ0n) is 14.3. The first-order valence-electron chi connectivity index (χ1n) is 7.94. The van der Waals surface area contributed by atoms with Crippen molar-refractivity contribution in [2.45, 2.75) is 11.8 Å². The Morgan fingerprint density at radius 1 is 0.889 bits per heavy atom. The minimum absolute atomic E-state index is 0.00303. The maximum Gasteiger partial charge on any atom is 0.339 e. The van der Waals surface area contributed by atoms with Crippen molar-refractivity contribution in [1.82, 2.24) is 0 Å². The molecule has 0 bridgehead atoms. The molecule has 0 saturated heterocycles. The summed E-state index contributed by atoms with van der Waals surface area (Å²) in [6, 6.07) is 18.0. The molecule has 0 saturated carbocycles. The van der Waals surface area contributed by atoms with Crippen LogP contribution in [0.5, 0.6) is 5.75 Å². The molecule has 0 atom stereocenters. The summed E-state index contributed by atoms with van der Waals surface area (Å²) >= 11 is 11.8. The van der Waals surface area contributed by atoms with E-state index in [2.05, 4.69) is 4.99 Å². The second-order valence-electron chi connectivity index (χ2n) is 5.77. The molecule has 0 aliphatic carbocycles. The van der Waals surface area contributed by atoms with Crippen LogP contribution in [0.1, 0.15) is 11.1 Å². The molecule has 3 rings (SSSR count). The minimum Gasteiger partial charge on any atom is -0.378 e. The van der Waals surface area contributed by atoms with Gasteiger partial charge in [0, 0.05) is 21.8 Å². The third-order valence-corrected chi connectivity index (χ3v) is 5.40. The fourth-order valence-corrected chi connectivity index (χ4v) is 3.50. The van der Waals surface area contributed by atoms with E-state index in [1.54, 1.807) is 12.1 Å². The largest absolute Gasteiger partial charge is 0.378 e. The van der Waals surface area contributed by atoms with Crippen molar-refractivity contribution in [3.63, 3.8) is 0 Å². The summed E-state index contributed by atoms with van der Waals surface area (Å²) in [5, 5.41) is 0.878.